The summed E-state index contributed by atoms with van der Waals surface area (Å²) >= 11 is 0. The average molecular weight is 397 g/mol. The predicted molar refractivity (Wildman–Crippen MR) is 115 cm³/mol. The van der Waals surface area contributed by atoms with Crippen LogP contribution in [0.2, 0.25) is 0 Å². The summed E-state index contributed by atoms with van der Waals surface area (Å²) in [5.41, 5.74) is 2.26. The number of nitrogens with zero attached hydrogens (tertiary/aromatic N) is 1. The monoisotopic (exact) mass is 396 g/mol. The Bertz CT molecular complexity index is 806. The van der Waals surface area contributed by atoms with Crippen molar-refractivity contribution in [2.45, 2.75) is 45.1 Å². The molecule has 5 heteroatoms. The van der Waals surface area contributed by atoms with Crippen molar-refractivity contribution >= 4 is 5.91 Å². The zero-order chi connectivity index (χ0) is 20.8. The van der Waals surface area contributed by atoms with Gasteiger partial charge in [-0.25, -0.2) is 0 Å². The largest absolute Gasteiger partial charge is 0.508 e. The summed E-state index contributed by atoms with van der Waals surface area (Å²) < 4.78 is 0. The number of benzene rings is 2. The predicted octanol–water partition coefficient (Wildman–Crippen LogP) is 3.66. The summed E-state index contributed by atoms with van der Waals surface area (Å²) in [6.07, 6.45) is 2.19. The zero-order valence-corrected chi connectivity index (χ0v) is 17.3. The van der Waals surface area contributed by atoms with Crippen molar-refractivity contribution in [2.24, 2.45) is 5.92 Å². The highest BCUT2D eigenvalue weighted by molar-refractivity contribution is 5.76. The standard InChI is InChI=1S/C24H32N2O3/c1-17-18(2)26(14-12-23(17)20-4-3-5-22(28)16-20)15-13-25-24(29)11-8-19-6-9-21(27)10-7-19/h3-7,9-10,16-18,23,27-28H,8,11-15H2,1-2H3,(H,25,29)/t17-,18?,23+/m0/s1. The molecule has 2 aromatic rings. The molecule has 1 unspecified atom stereocenters. The molecular formula is C24H32N2O3. The highest BCUT2D eigenvalue weighted by Gasteiger charge is 2.33. The lowest BCUT2D eigenvalue weighted by molar-refractivity contribution is -0.121. The van der Waals surface area contributed by atoms with E-state index in [9.17, 15) is 15.0 Å². The fraction of sp³-hybridized carbons (Fsp3) is 0.458. The van der Waals surface area contributed by atoms with Gasteiger partial charge in [-0.1, -0.05) is 31.2 Å². The van der Waals surface area contributed by atoms with Gasteiger partial charge in [-0.05, 0) is 73.5 Å². The Morgan fingerprint density at radius 2 is 1.86 bits per heavy atom. The van der Waals surface area contributed by atoms with Crippen LogP contribution < -0.4 is 5.32 Å². The SMILES string of the molecule is CC1[C@H](C)[C@H](c2cccc(O)c2)CCN1CCNC(=O)CCc1ccc(O)cc1. The van der Waals surface area contributed by atoms with Crippen LogP contribution in [0.25, 0.3) is 0 Å². The summed E-state index contributed by atoms with van der Waals surface area (Å²) in [4.78, 5) is 14.6. The van der Waals surface area contributed by atoms with Gasteiger partial charge in [0.2, 0.25) is 5.91 Å². The molecule has 29 heavy (non-hydrogen) atoms. The summed E-state index contributed by atoms with van der Waals surface area (Å²) in [7, 11) is 0. The van der Waals surface area contributed by atoms with Gasteiger partial charge in [0, 0.05) is 25.6 Å². The maximum atomic E-state index is 12.1. The van der Waals surface area contributed by atoms with Crippen molar-refractivity contribution in [3.8, 4) is 11.5 Å². The highest BCUT2D eigenvalue weighted by Crippen LogP contribution is 2.37. The number of aryl methyl sites for hydroxylation is 1. The van der Waals surface area contributed by atoms with Crippen LogP contribution in [0.1, 0.15) is 43.7 Å². The molecule has 156 valence electrons. The van der Waals surface area contributed by atoms with Gasteiger partial charge < -0.3 is 15.5 Å². The number of hydrogen-bond acceptors (Lipinski definition) is 4. The van der Waals surface area contributed by atoms with E-state index in [2.05, 4.69) is 30.1 Å². The molecule has 1 heterocycles. The zero-order valence-electron chi connectivity index (χ0n) is 17.3. The Morgan fingerprint density at radius 3 is 2.59 bits per heavy atom. The van der Waals surface area contributed by atoms with E-state index in [1.165, 1.54) is 5.56 Å². The third-order valence-corrected chi connectivity index (χ3v) is 6.30. The summed E-state index contributed by atoms with van der Waals surface area (Å²) in [5.74, 6) is 1.58. The Labute approximate surface area is 173 Å². The van der Waals surface area contributed by atoms with Crippen LogP contribution in [0.4, 0.5) is 0 Å². The Morgan fingerprint density at radius 1 is 1.10 bits per heavy atom. The Balaban J connectivity index is 1.42. The van der Waals surface area contributed by atoms with Gasteiger partial charge in [-0.3, -0.25) is 9.69 Å². The number of rotatable bonds is 7. The molecule has 1 saturated heterocycles. The molecule has 0 bridgehead atoms. The van der Waals surface area contributed by atoms with Crippen molar-refractivity contribution in [1.82, 2.24) is 10.2 Å². The van der Waals surface area contributed by atoms with E-state index >= 15 is 0 Å². The molecule has 0 radical (unpaired) electrons. The topological polar surface area (TPSA) is 72.8 Å². The van der Waals surface area contributed by atoms with Crippen molar-refractivity contribution in [3.63, 3.8) is 0 Å². The Hall–Kier alpha value is -2.53. The highest BCUT2D eigenvalue weighted by atomic mass is 16.3. The molecule has 3 N–H and O–H groups in total. The smallest absolute Gasteiger partial charge is 0.220 e. The number of hydrogen-bond donors (Lipinski definition) is 3. The lowest BCUT2D eigenvalue weighted by atomic mass is 9.77. The number of carbonyl (C=O) groups excluding carboxylic acids is 1. The lowest BCUT2D eigenvalue weighted by Crippen LogP contribution is -2.48. The van der Waals surface area contributed by atoms with Gasteiger partial charge in [0.15, 0.2) is 0 Å². The molecule has 1 aliphatic heterocycles. The second kappa shape index (κ2) is 9.79. The van der Waals surface area contributed by atoms with Crippen LogP contribution in [0.5, 0.6) is 11.5 Å². The molecule has 1 fully saturated rings. The molecule has 1 amide bonds. The van der Waals surface area contributed by atoms with Crippen LogP contribution in [-0.4, -0.2) is 46.7 Å². The Kier molecular flexibility index (Phi) is 7.15. The molecule has 0 aromatic heterocycles. The van der Waals surface area contributed by atoms with Gasteiger partial charge in [0.1, 0.15) is 11.5 Å². The van der Waals surface area contributed by atoms with Crippen LogP contribution in [0.3, 0.4) is 0 Å². The number of phenols is 2. The summed E-state index contributed by atoms with van der Waals surface area (Å²) in [6.45, 7) is 7.04. The normalized spacial score (nSPS) is 22.3. The van der Waals surface area contributed by atoms with Crippen molar-refractivity contribution in [1.29, 1.82) is 0 Å². The average Bonchev–Trinajstić information content (AvgIpc) is 2.71. The lowest BCUT2D eigenvalue weighted by Gasteiger charge is -2.43. The van der Waals surface area contributed by atoms with E-state index in [4.69, 9.17) is 0 Å². The van der Waals surface area contributed by atoms with E-state index in [-0.39, 0.29) is 11.7 Å². The first kappa shape index (κ1) is 21.2. The van der Waals surface area contributed by atoms with Crippen molar-refractivity contribution < 1.29 is 15.0 Å². The van der Waals surface area contributed by atoms with Gasteiger partial charge in [0.25, 0.3) is 0 Å². The molecule has 0 aliphatic carbocycles. The molecule has 3 rings (SSSR count). The molecule has 3 atom stereocenters. The number of amides is 1. The second-order valence-corrected chi connectivity index (χ2v) is 8.14. The first-order valence-corrected chi connectivity index (χ1v) is 10.5. The fourth-order valence-electron chi connectivity index (χ4n) is 4.33. The third-order valence-electron chi connectivity index (χ3n) is 6.30. The number of nitrogens with one attached hydrogen (secondary N) is 1. The van der Waals surface area contributed by atoms with Gasteiger partial charge in [0.05, 0.1) is 0 Å². The first-order chi connectivity index (χ1) is 13.9. The number of likely N-dealkylation sites (tertiary alicyclic amines) is 1. The first-order valence-electron chi connectivity index (χ1n) is 10.5. The second-order valence-electron chi connectivity index (χ2n) is 8.14. The van der Waals surface area contributed by atoms with Gasteiger partial charge in [-0.15, -0.1) is 0 Å². The molecule has 0 saturated carbocycles. The quantitative estimate of drug-likeness (QED) is 0.668. The van der Waals surface area contributed by atoms with Crippen LogP contribution in [0.15, 0.2) is 48.5 Å². The summed E-state index contributed by atoms with van der Waals surface area (Å²) in [5, 5.41) is 22.1. The third kappa shape index (κ3) is 5.73. The van der Waals surface area contributed by atoms with E-state index in [1.54, 1.807) is 18.2 Å². The van der Waals surface area contributed by atoms with Crippen LogP contribution in [0, 0.1) is 5.92 Å². The number of carbonyl (C=O) groups is 1. The molecule has 1 aliphatic rings. The van der Waals surface area contributed by atoms with E-state index in [1.807, 2.05) is 24.3 Å². The minimum atomic E-state index is 0.0634. The van der Waals surface area contributed by atoms with Gasteiger partial charge >= 0.3 is 0 Å². The molecule has 5 nitrogen and oxygen atoms in total. The van der Waals surface area contributed by atoms with Crippen molar-refractivity contribution in [2.75, 3.05) is 19.6 Å². The number of aromatic hydroxyl groups is 2. The summed E-state index contributed by atoms with van der Waals surface area (Å²) in [6, 6.07) is 15.1. The van der Waals surface area contributed by atoms with E-state index in [0.717, 1.165) is 25.1 Å². The number of piperidine rings is 1. The van der Waals surface area contributed by atoms with Crippen LogP contribution >= 0.6 is 0 Å². The van der Waals surface area contributed by atoms with E-state index < -0.39 is 0 Å². The minimum Gasteiger partial charge on any atom is -0.508 e. The molecule has 2 aromatic carbocycles. The molecular weight excluding hydrogens is 364 g/mol. The van der Waals surface area contributed by atoms with E-state index in [0.29, 0.717) is 43.0 Å². The number of phenolic OH excluding ortho intramolecular Hbond substituents is 2. The fourth-order valence-corrected chi connectivity index (χ4v) is 4.33. The van der Waals surface area contributed by atoms with Crippen LogP contribution in [-0.2, 0) is 11.2 Å². The maximum absolute atomic E-state index is 12.1. The minimum absolute atomic E-state index is 0.0634. The molecule has 0 spiro atoms. The van der Waals surface area contributed by atoms with Crippen molar-refractivity contribution in [3.05, 3.63) is 59.7 Å². The maximum Gasteiger partial charge on any atom is 0.220 e. The van der Waals surface area contributed by atoms with Gasteiger partial charge in [-0.2, -0.15) is 0 Å².